The Morgan fingerprint density at radius 3 is 2.50 bits per heavy atom. The number of furan rings is 1. The van der Waals surface area contributed by atoms with Gasteiger partial charge in [-0.2, -0.15) is 0 Å². The quantitative estimate of drug-likeness (QED) is 0.350. The molecule has 0 N–H and O–H groups in total. The minimum Gasteiger partial charge on any atom is -0.469 e. The molecule has 0 aliphatic heterocycles. The third-order valence-corrected chi connectivity index (χ3v) is 2.71. The summed E-state index contributed by atoms with van der Waals surface area (Å²) in [5.74, 6) is -0.615. The average Bonchev–Trinajstić information content (AvgIpc) is 2.98. The smallest absolute Gasteiger partial charge is 0.341 e. The van der Waals surface area contributed by atoms with Crippen LogP contribution in [0, 0.1) is 0 Å². The number of benzene rings is 1. The molecule has 0 spiro atoms. The van der Waals surface area contributed by atoms with Crippen molar-refractivity contribution in [1.82, 2.24) is 0 Å². The minimum atomic E-state index is -0.703. The van der Waals surface area contributed by atoms with Gasteiger partial charge in [0.1, 0.15) is 12.4 Å². The van der Waals surface area contributed by atoms with Gasteiger partial charge in [-0.15, -0.1) is 0 Å². The van der Waals surface area contributed by atoms with Gasteiger partial charge in [0.25, 0.3) is 0 Å². The van der Waals surface area contributed by atoms with Gasteiger partial charge in [0.2, 0.25) is 0 Å². The van der Waals surface area contributed by atoms with Crippen molar-refractivity contribution < 1.29 is 18.7 Å². The maximum absolute atomic E-state index is 11.8. The molecule has 0 unspecified atom stereocenters. The Labute approximate surface area is 116 Å². The number of carbonyl (C=O) groups excluding carboxylic acids is 2. The standard InChI is InChI=1S/C16H14O4/c1-12(15(17)10-14-8-5-9-19-14)16(18)20-11-13-6-3-2-4-7-13/h2-9H,1,10-11H2. The highest BCUT2D eigenvalue weighted by molar-refractivity contribution is 6.17. The fraction of sp³-hybridized carbons (Fsp3) is 0.125. The van der Waals surface area contributed by atoms with Crippen molar-refractivity contribution in [2.75, 3.05) is 0 Å². The largest absolute Gasteiger partial charge is 0.469 e. The molecule has 20 heavy (non-hydrogen) atoms. The molecule has 0 radical (unpaired) electrons. The van der Waals surface area contributed by atoms with E-state index in [1.165, 1.54) is 6.26 Å². The summed E-state index contributed by atoms with van der Waals surface area (Å²) in [5.41, 5.74) is 0.685. The lowest BCUT2D eigenvalue weighted by molar-refractivity contribution is -0.141. The van der Waals surface area contributed by atoms with Crippen molar-refractivity contribution in [3.8, 4) is 0 Å². The molecule has 0 aliphatic rings. The summed E-state index contributed by atoms with van der Waals surface area (Å²) in [6.07, 6.45) is 1.48. The number of ketones is 1. The first-order chi connectivity index (χ1) is 9.66. The molecule has 0 saturated carbocycles. The number of rotatable bonds is 6. The Morgan fingerprint density at radius 2 is 1.85 bits per heavy atom. The van der Waals surface area contributed by atoms with Crippen LogP contribution in [0.3, 0.4) is 0 Å². The molecule has 102 valence electrons. The van der Waals surface area contributed by atoms with Gasteiger partial charge < -0.3 is 9.15 Å². The Bertz CT molecular complexity index is 597. The van der Waals surface area contributed by atoms with Crippen LogP contribution < -0.4 is 0 Å². The van der Waals surface area contributed by atoms with E-state index in [9.17, 15) is 9.59 Å². The molecular weight excluding hydrogens is 256 g/mol. The molecule has 1 heterocycles. The van der Waals surface area contributed by atoms with E-state index in [4.69, 9.17) is 9.15 Å². The third kappa shape index (κ3) is 3.68. The zero-order valence-corrected chi connectivity index (χ0v) is 10.9. The fourth-order valence-corrected chi connectivity index (χ4v) is 1.60. The van der Waals surface area contributed by atoms with Gasteiger partial charge >= 0.3 is 5.97 Å². The minimum absolute atomic E-state index is 0.00622. The second kappa shape index (κ2) is 6.52. The lowest BCUT2D eigenvalue weighted by Gasteiger charge is -2.06. The predicted octanol–water partition coefficient (Wildman–Crippen LogP) is 2.69. The first-order valence-electron chi connectivity index (χ1n) is 6.12. The van der Waals surface area contributed by atoms with Crippen LogP contribution in [0.4, 0.5) is 0 Å². The number of Topliss-reactive ketones (excluding diaryl/α,β-unsaturated/α-hetero) is 1. The normalized spacial score (nSPS) is 10.0. The van der Waals surface area contributed by atoms with E-state index < -0.39 is 11.8 Å². The van der Waals surface area contributed by atoms with Crippen LogP contribution in [0.25, 0.3) is 0 Å². The van der Waals surface area contributed by atoms with Crippen LogP contribution in [-0.2, 0) is 27.4 Å². The van der Waals surface area contributed by atoms with E-state index in [0.717, 1.165) is 5.56 Å². The summed E-state index contributed by atoms with van der Waals surface area (Å²) in [6.45, 7) is 3.60. The number of hydrogen-bond donors (Lipinski definition) is 0. The Kier molecular flexibility index (Phi) is 4.50. The van der Waals surface area contributed by atoms with Crippen LogP contribution in [0.15, 0.2) is 65.3 Å². The fourth-order valence-electron chi connectivity index (χ4n) is 1.60. The maximum Gasteiger partial charge on any atom is 0.341 e. The molecule has 0 aliphatic carbocycles. The first-order valence-corrected chi connectivity index (χ1v) is 6.12. The van der Waals surface area contributed by atoms with Gasteiger partial charge in [-0.1, -0.05) is 36.9 Å². The van der Waals surface area contributed by atoms with Gasteiger partial charge in [-0.25, -0.2) is 4.79 Å². The topological polar surface area (TPSA) is 56.5 Å². The average molecular weight is 270 g/mol. The Hall–Kier alpha value is -2.62. The van der Waals surface area contributed by atoms with Crippen molar-refractivity contribution >= 4 is 11.8 Å². The van der Waals surface area contributed by atoms with E-state index in [2.05, 4.69) is 6.58 Å². The molecule has 1 aromatic heterocycles. The van der Waals surface area contributed by atoms with Gasteiger partial charge in [0, 0.05) is 0 Å². The van der Waals surface area contributed by atoms with Crippen molar-refractivity contribution in [2.24, 2.45) is 0 Å². The van der Waals surface area contributed by atoms with E-state index in [1.807, 2.05) is 30.3 Å². The van der Waals surface area contributed by atoms with Crippen molar-refractivity contribution in [3.05, 3.63) is 72.2 Å². The number of hydrogen-bond acceptors (Lipinski definition) is 4. The number of carbonyl (C=O) groups is 2. The van der Waals surface area contributed by atoms with Gasteiger partial charge in [0.15, 0.2) is 5.78 Å². The van der Waals surface area contributed by atoms with Crippen molar-refractivity contribution in [3.63, 3.8) is 0 Å². The van der Waals surface area contributed by atoms with E-state index in [0.29, 0.717) is 5.76 Å². The summed E-state index contributed by atoms with van der Waals surface area (Å²) in [6, 6.07) is 12.6. The predicted molar refractivity (Wildman–Crippen MR) is 72.8 cm³/mol. The van der Waals surface area contributed by atoms with Gasteiger partial charge in [-0.3, -0.25) is 4.79 Å². The molecular formula is C16H14O4. The molecule has 1 aromatic carbocycles. The van der Waals surface area contributed by atoms with E-state index in [-0.39, 0.29) is 18.6 Å². The monoisotopic (exact) mass is 270 g/mol. The van der Waals surface area contributed by atoms with Crippen LogP contribution in [0.1, 0.15) is 11.3 Å². The summed E-state index contributed by atoms with van der Waals surface area (Å²) < 4.78 is 10.1. The third-order valence-electron chi connectivity index (χ3n) is 2.71. The zero-order valence-electron chi connectivity index (χ0n) is 10.9. The summed E-state index contributed by atoms with van der Waals surface area (Å²) >= 11 is 0. The van der Waals surface area contributed by atoms with Crippen LogP contribution >= 0.6 is 0 Å². The zero-order chi connectivity index (χ0) is 14.4. The SMILES string of the molecule is C=C(C(=O)Cc1ccco1)C(=O)OCc1ccccc1. The van der Waals surface area contributed by atoms with Crippen LogP contribution in [0.5, 0.6) is 0 Å². The molecule has 0 bridgehead atoms. The molecule has 0 fully saturated rings. The summed E-state index contributed by atoms with van der Waals surface area (Å²) in [5, 5.41) is 0. The second-order valence-electron chi connectivity index (χ2n) is 4.22. The molecule has 2 rings (SSSR count). The lowest BCUT2D eigenvalue weighted by atomic mass is 10.1. The van der Waals surface area contributed by atoms with Crippen molar-refractivity contribution in [2.45, 2.75) is 13.0 Å². The molecule has 4 heteroatoms. The number of esters is 1. The van der Waals surface area contributed by atoms with Crippen molar-refractivity contribution in [1.29, 1.82) is 0 Å². The maximum atomic E-state index is 11.8. The highest BCUT2D eigenvalue weighted by Crippen LogP contribution is 2.08. The second-order valence-corrected chi connectivity index (χ2v) is 4.22. The highest BCUT2D eigenvalue weighted by Gasteiger charge is 2.18. The van der Waals surface area contributed by atoms with Gasteiger partial charge in [-0.05, 0) is 17.7 Å². The molecule has 0 saturated heterocycles. The summed E-state index contributed by atoms with van der Waals surface area (Å²) in [7, 11) is 0. The molecule has 2 aromatic rings. The number of ether oxygens (including phenoxy) is 1. The van der Waals surface area contributed by atoms with Crippen LogP contribution in [-0.4, -0.2) is 11.8 Å². The molecule has 0 atom stereocenters. The van der Waals surface area contributed by atoms with E-state index in [1.54, 1.807) is 12.1 Å². The van der Waals surface area contributed by atoms with Crippen LogP contribution in [0.2, 0.25) is 0 Å². The molecule has 0 amide bonds. The Morgan fingerprint density at radius 1 is 1.10 bits per heavy atom. The lowest BCUT2D eigenvalue weighted by Crippen LogP contribution is -2.16. The first kappa shape index (κ1) is 13.8. The summed E-state index contributed by atoms with van der Waals surface area (Å²) in [4.78, 5) is 23.5. The Balaban J connectivity index is 1.85. The van der Waals surface area contributed by atoms with E-state index >= 15 is 0 Å². The highest BCUT2D eigenvalue weighted by atomic mass is 16.5. The van der Waals surface area contributed by atoms with Gasteiger partial charge in [0.05, 0.1) is 18.3 Å². The molecule has 4 nitrogen and oxygen atoms in total.